The smallest absolute Gasteiger partial charge is 0.0894 e. The van der Waals surface area contributed by atoms with Gasteiger partial charge in [-0.2, -0.15) is 0 Å². The molecule has 0 aliphatic carbocycles. The first-order chi connectivity index (χ1) is 10.5. The molecule has 0 unspecified atom stereocenters. The fourth-order valence-electron chi connectivity index (χ4n) is 2.67. The van der Waals surface area contributed by atoms with Crippen LogP contribution >= 0.6 is 0 Å². The predicted molar refractivity (Wildman–Crippen MR) is 89.6 cm³/mol. The van der Waals surface area contributed by atoms with E-state index in [4.69, 9.17) is 4.98 Å². The second kappa shape index (κ2) is 5.68. The zero-order chi connectivity index (χ0) is 15.7. The first-order valence-electron chi connectivity index (χ1n) is 7.40. The lowest BCUT2D eigenvalue weighted by Gasteiger charge is -2.07. The highest BCUT2D eigenvalue weighted by Crippen LogP contribution is 2.22. The third-order valence-corrected chi connectivity index (χ3v) is 3.47. The Morgan fingerprint density at radius 1 is 0.545 bits per heavy atom. The minimum atomic E-state index is 0.880. The van der Waals surface area contributed by atoms with Crippen molar-refractivity contribution in [3.63, 3.8) is 0 Å². The van der Waals surface area contributed by atoms with E-state index < -0.39 is 0 Å². The van der Waals surface area contributed by atoms with Gasteiger partial charge in [-0.1, -0.05) is 6.07 Å². The molecule has 0 aromatic carbocycles. The molecule has 3 heterocycles. The van der Waals surface area contributed by atoms with Crippen molar-refractivity contribution < 1.29 is 0 Å². The summed E-state index contributed by atoms with van der Waals surface area (Å²) in [6, 6.07) is 14.3. The summed E-state index contributed by atoms with van der Waals surface area (Å²) in [5.41, 5.74) is 7.97. The second-order valence-corrected chi connectivity index (χ2v) is 5.75. The van der Waals surface area contributed by atoms with E-state index in [9.17, 15) is 0 Å². The van der Waals surface area contributed by atoms with E-state index >= 15 is 0 Å². The Balaban J connectivity index is 2.09. The SMILES string of the molecule is Cc1cc(C)nc(-c2cccc(-c3cc(C)cc(C)n3)n2)c1. The Kier molecular flexibility index (Phi) is 3.72. The van der Waals surface area contributed by atoms with Crippen molar-refractivity contribution in [2.24, 2.45) is 0 Å². The molecule has 0 atom stereocenters. The van der Waals surface area contributed by atoms with Crippen LogP contribution in [0.25, 0.3) is 22.8 Å². The average molecular weight is 289 g/mol. The lowest BCUT2D eigenvalue weighted by molar-refractivity contribution is 1.14. The van der Waals surface area contributed by atoms with Crippen molar-refractivity contribution in [1.82, 2.24) is 15.0 Å². The van der Waals surface area contributed by atoms with Gasteiger partial charge in [-0.25, -0.2) is 4.98 Å². The van der Waals surface area contributed by atoms with Crippen LogP contribution in [-0.2, 0) is 0 Å². The Labute approximate surface area is 131 Å². The van der Waals surface area contributed by atoms with Gasteiger partial charge in [-0.15, -0.1) is 0 Å². The van der Waals surface area contributed by atoms with E-state index in [1.165, 1.54) is 11.1 Å². The van der Waals surface area contributed by atoms with Gasteiger partial charge in [0.2, 0.25) is 0 Å². The van der Waals surface area contributed by atoms with Gasteiger partial charge >= 0.3 is 0 Å². The molecule has 0 aliphatic heterocycles. The average Bonchev–Trinajstić information content (AvgIpc) is 2.45. The molecule has 3 heteroatoms. The normalized spacial score (nSPS) is 10.7. The molecule has 0 saturated heterocycles. The summed E-state index contributed by atoms with van der Waals surface area (Å²) in [5, 5.41) is 0. The third kappa shape index (κ3) is 3.03. The lowest BCUT2D eigenvalue weighted by atomic mass is 10.1. The molecule has 110 valence electrons. The van der Waals surface area contributed by atoms with Crippen LogP contribution in [-0.4, -0.2) is 15.0 Å². The third-order valence-electron chi connectivity index (χ3n) is 3.47. The molecule has 22 heavy (non-hydrogen) atoms. The van der Waals surface area contributed by atoms with Crippen molar-refractivity contribution in [3.8, 4) is 22.8 Å². The van der Waals surface area contributed by atoms with Crippen molar-refractivity contribution >= 4 is 0 Å². The Morgan fingerprint density at radius 3 is 1.41 bits per heavy atom. The van der Waals surface area contributed by atoms with E-state index in [0.29, 0.717) is 0 Å². The maximum Gasteiger partial charge on any atom is 0.0894 e. The topological polar surface area (TPSA) is 38.7 Å². The highest BCUT2D eigenvalue weighted by molar-refractivity contribution is 5.62. The minimum absolute atomic E-state index is 0.880. The molecule has 0 N–H and O–H groups in total. The molecule has 3 aromatic rings. The van der Waals surface area contributed by atoms with Crippen LogP contribution < -0.4 is 0 Å². The van der Waals surface area contributed by atoms with Gasteiger partial charge in [-0.3, -0.25) is 9.97 Å². The maximum atomic E-state index is 4.75. The first kappa shape index (κ1) is 14.4. The summed E-state index contributed by atoms with van der Waals surface area (Å²) >= 11 is 0. The largest absolute Gasteiger partial charge is 0.251 e. The van der Waals surface area contributed by atoms with Crippen LogP contribution in [0.5, 0.6) is 0 Å². The van der Waals surface area contributed by atoms with E-state index in [1.54, 1.807) is 0 Å². The summed E-state index contributed by atoms with van der Waals surface area (Å²) in [6.07, 6.45) is 0. The van der Waals surface area contributed by atoms with Crippen LogP contribution in [0.1, 0.15) is 22.5 Å². The Hall–Kier alpha value is -2.55. The molecular formula is C19H19N3. The van der Waals surface area contributed by atoms with E-state index in [-0.39, 0.29) is 0 Å². The number of aryl methyl sites for hydroxylation is 4. The molecule has 3 nitrogen and oxygen atoms in total. The van der Waals surface area contributed by atoms with Crippen LogP contribution in [0.2, 0.25) is 0 Å². The van der Waals surface area contributed by atoms with Crippen molar-refractivity contribution in [2.75, 3.05) is 0 Å². The number of hydrogen-bond donors (Lipinski definition) is 0. The fraction of sp³-hybridized carbons (Fsp3) is 0.211. The number of rotatable bonds is 2. The Bertz CT molecular complexity index is 731. The van der Waals surface area contributed by atoms with Gasteiger partial charge in [0.15, 0.2) is 0 Å². The summed E-state index contributed by atoms with van der Waals surface area (Å²) in [4.78, 5) is 13.9. The van der Waals surface area contributed by atoms with Crippen molar-refractivity contribution in [1.29, 1.82) is 0 Å². The van der Waals surface area contributed by atoms with E-state index in [2.05, 4.69) is 48.1 Å². The quantitative estimate of drug-likeness (QED) is 0.700. The first-order valence-corrected chi connectivity index (χ1v) is 7.40. The van der Waals surface area contributed by atoms with Gasteiger partial charge in [0.25, 0.3) is 0 Å². The minimum Gasteiger partial charge on any atom is -0.251 e. The van der Waals surface area contributed by atoms with E-state index in [0.717, 1.165) is 34.2 Å². The number of nitrogens with zero attached hydrogens (tertiary/aromatic N) is 3. The molecule has 0 saturated carbocycles. The van der Waals surface area contributed by atoms with Gasteiger partial charge in [0.05, 0.1) is 22.8 Å². The zero-order valence-corrected chi connectivity index (χ0v) is 13.4. The Morgan fingerprint density at radius 2 is 1.00 bits per heavy atom. The van der Waals surface area contributed by atoms with Gasteiger partial charge in [-0.05, 0) is 75.2 Å². The lowest BCUT2D eigenvalue weighted by Crippen LogP contribution is -1.95. The molecular weight excluding hydrogens is 270 g/mol. The van der Waals surface area contributed by atoms with Crippen molar-refractivity contribution in [2.45, 2.75) is 27.7 Å². The summed E-state index contributed by atoms with van der Waals surface area (Å²) in [5.74, 6) is 0. The van der Waals surface area contributed by atoms with Gasteiger partial charge in [0.1, 0.15) is 0 Å². The van der Waals surface area contributed by atoms with E-state index in [1.807, 2.05) is 32.0 Å². The number of pyridine rings is 3. The monoisotopic (exact) mass is 289 g/mol. The zero-order valence-electron chi connectivity index (χ0n) is 13.4. The summed E-state index contributed by atoms with van der Waals surface area (Å²) < 4.78 is 0. The molecule has 0 bridgehead atoms. The number of aromatic nitrogens is 3. The summed E-state index contributed by atoms with van der Waals surface area (Å²) in [6.45, 7) is 8.17. The molecule has 0 radical (unpaired) electrons. The van der Waals surface area contributed by atoms with Crippen molar-refractivity contribution in [3.05, 3.63) is 65.0 Å². The fourth-order valence-corrected chi connectivity index (χ4v) is 2.67. The molecule has 0 aliphatic rings. The van der Waals surface area contributed by atoms with Crippen LogP contribution in [0.3, 0.4) is 0 Å². The molecule has 3 rings (SSSR count). The maximum absolute atomic E-state index is 4.75. The van der Waals surface area contributed by atoms with Gasteiger partial charge < -0.3 is 0 Å². The summed E-state index contributed by atoms with van der Waals surface area (Å²) in [7, 11) is 0. The van der Waals surface area contributed by atoms with Gasteiger partial charge in [0, 0.05) is 11.4 Å². The molecule has 3 aromatic heterocycles. The van der Waals surface area contributed by atoms with Crippen LogP contribution in [0, 0.1) is 27.7 Å². The second-order valence-electron chi connectivity index (χ2n) is 5.75. The van der Waals surface area contributed by atoms with Crippen LogP contribution in [0.15, 0.2) is 42.5 Å². The highest BCUT2D eigenvalue weighted by Gasteiger charge is 2.07. The standard InChI is InChI=1S/C19H19N3/c1-12-8-14(3)20-18(10-12)16-6-5-7-17(22-16)19-11-13(2)9-15(4)21-19/h5-11H,1-4H3. The molecule has 0 spiro atoms. The predicted octanol–water partition coefficient (Wildman–Crippen LogP) is 4.44. The number of hydrogen-bond acceptors (Lipinski definition) is 3. The molecule has 0 amide bonds. The highest BCUT2D eigenvalue weighted by atomic mass is 14.8. The molecule has 0 fully saturated rings. The van der Waals surface area contributed by atoms with Crippen LogP contribution in [0.4, 0.5) is 0 Å².